The Bertz CT molecular complexity index is 1070. The zero-order valence-corrected chi connectivity index (χ0v) is 16.9. The Morgan fingerprint density at radius 3 is 2.62 bits per heavy atom. The quantitative estimate of drug-likeness (QED) is 0.668. The molecule has 1 aliphatic heterocycles. The van der Waals surface area contributed by atoms with Crippen molar-refractivity contribution in [3.63, 3.8) is 0 Å². The maximum atomic E-state index is 14.5. The van der Waals surface area contributed by atoms with E-state index in [2.05, 4.69) is 25.0 Å². The molecule has 0 fully saturated rings. The summed E-state index contributed by atoms with van der Waals surface area (Å²) in [5, 5.41) is 2.49. The number of ether oxygens (including phenoxy) is 1. The van der Waals surface area contributed by atoms with Gasteiger partial charge in [0.1, 0.15) is 11.5 Å². The second-order valence-electron chi connectivity index (χ2n) is 7.17. The first-order valence-electron chi connectivity index (χ1n) is 9.13. The molecule has 3 rings (SSSR count). The minimum Gasteiger partial charge on any atom is -0.467 e. The van der Waals surface area contributed by atoms with E-state index in [0.717, 1.165) is 23.4 Å². The molecule has 1 unspecified atom stereocenters. The van der Waals surface area contributed by atoms with Crippen LogP contribution in [-0.2, 0) is 10.3 Å². The summed E-state index contributed by atoms with van der Waals surface area (Å²) in [6.07, 6.45) is -2.86. The van der Waals surface area contributed by atoms with Crippen LogP contribution < -0.4 is 15.8 Å². The Hall–Kier alpha value is -3.77. The topological polar surface area (TPSA) is 123 Å². The summed E-state index contributed by atoms with van der Waals surface area (Å²) in [6, 6.07) is 3.71. The van der Waals surface area contributed by atoms with Crippen molar-refractivity contribution in [3.8, 4) is 5.88 Å². The maximum Gasteiger partial charge on any atom is 0.422 e. The van der Waals surface area contributed by atoms with E-state index < -0.39 is 35.9 Å². The van der Waals surface area contributed by atoms with Crippen molar-refractivity contribution in [2.24, 2.45) is 10.7 Å². The third-order valence-corrected chi connectivity index (χ3v) is 4.62. The highest BCUT2D eigenvalue weighted by molar-refractivity contribution is 6.03. The number of carbonyl (C=O) groups is 2. The van der Waals surface area contributed by atoms with Gasteiger partial charge in [-0.05, 0) is 25.1 Å². The monoisotopic (exact) mass is 454 g/mol. The van der Waals surface area contributed by atoms with Gasteiger partial charge in [0.05, 0.1) is 24.4 Å². The molecule has 0 saturated carbocycles. The predicted octanol–water partition coefficient (Wildman–Crippen LogP) is 2.20. The third kappa shape index (κ3) is 5.10. The van der Waals surface area contributed by atoms with E-state index in [0.29, 0.717) is 0 Å². The van der Waals surface area contributed by atoms with E-state index >= 15 is 0 Å². The second kappa shape index (κ2) is 8.40. The third-order valence-electron chi connectivity index (χ3n) is 4.62. The van der Waals surface area contributed by atoms with Gasteiger partial charge in [0.2, 0.25) is 11.8 Å². The molecular weight excluding hydrogens is 436 g/mol. The summed E-state index contributed by atoms with van der Waals surface area (Å²) in [5.74, 6) is -2.22. The van der Waals surface area contributed by atoms with Crippen LogP contribution in [0.1, 0.15) is 29.4 Å². The molecule has 2 amide bonds. The molecule has 1 aliphatic rings. The fourth-order valence-electron chi connectivity index (χ4n) is 2.94. The average Bonchev–Trinajstić information content (AvgIpc) is 2.71. The maximum absolute atomic E-state index is 14.5. The fourth-order valence-corrected chi connectivity index (χ4v) is 2.94. The summed E-state index contributed by atoms with van der Waals surface area (Å²) in [7, 11) is 1.45. The number of rotatable bonds is 5. The van der Waals surface area contributed by atoms with E-state index in [4.69, 9.17) is 5.73 Å². The number of aromatic nitrogens is 2. The summed E-state index contributed by atoms with van der Waals surface area (Å²) in [5.41, 5.74) is 4.48. The van der Waals surface area contributed by atoms with Crippen LogP contribution in [0.4, 0.5) is 23.2 Å². The molecule has 3 N–H and O–H groups in total. The Labute approximate surface area is 179 Å². The molecule has 0 radical (unpaired) electrons. The summed E-state index contributed by atoms with van der Waals surface area (Å²) >= 11 is 0. The highest BCUT2D eigenvalue weighted by Crippen LogP contribution is 2.35. The Kier molecular flexibility index (Phi) is 6.01. The van der Waals surface area contributed by atoms with Crippen LogP contribution in [0.3, 0.4) is 0 Å². The van der Waals surface area contributed by atoms with Crippen LogP contribution in [0, 0.1) is 5.82 Å². The molecule has 0 spiro atoms. The van der Waals surface area contributed by atoms with Crippen molar-refractivity contribution < 1.29 is 31.9 Å². The largest absolute Gasteiger partial charge is 0.467 e. The number of hydrogen-bond donors (Lipinski definition) is 2. The molecule has 1 aromatic carbocycles. The smallest absolute Gasteiger partial charge is 0.422 e. The highest BCUT2D eigenvalue weighted by atomic mass is 19.4. The zero-order chi connectivity index (χ0) is 23.7. The lowest BCUT2D eigenvalue weighted by Crippen LogP contribution is -2.47. The van der Waals surface area contributed by atoms with Gasteiger partial charge in [-0.1, -0.05) is 0 Å². The highest BCUT2D eigenvalue weighted by Gasteiger charge is 2.38. The van der Waals surface area contributed by atoms with Crippen LogP contribution in [0.5, 0.6) is 5.88 Å². The van der Waals surface area contributed by atoms with E-state index in [-0.39, 0.29) is 35.2 Å². The van der Waals surface area contributed by atoms with Crippen LogP contribution in [0.15, 0.2) is 35.6 Å². The average molecular weight is 454 g/mol. The molecule has 1 atom stereocenters. The normalized spacial score (nSPS) is 18.9. The van der Waals surface area contributed by atoms with E-state index in [1.54, 1.807) is 6.92 Å². The number of nitrogens with two attached hydrogens (primary N) is 1. The van der Waals surface area contributed by atoms with Crippen molar-refractivity contribution >= 4 is 23.5 Å². The van der Waals surface area contributed by atoms with E-state index in [1.165, 1.54) is 19.2 Å². The van der Waals surface area contributed by atoms with Gasteiger partial charge < -0.3 is 15.8 Å². The SMILES string of the molecule is CN1C(=O)CC(C)(c2cc(NC(=O)c3cnc(OCC(F)(F)F)cn3)ccc2F)N=C1N. The number of alkyl halides is 3. The molecule has 13 heteroatoms. The van der Waals surface area contributed by atoms with Crippen molar-refractivity contribution in [2.75, 3.05) is 19.0 Å². The molecule has 32 heavy (non-hydrogen) atoms. The molecule has 1 aromatic heterocycles. The van der Waals surface area contributed by atoms with Crippen LogP contribution in [-0.4, -0.2) is 52.5 Å². The van der Waals surface area contributed by atoms with Gasteiger partial charge in [0, 0.05) is 18.3 Å². The number of carbonyl (C=O) groups excluding carboxylic acids is 2. The van der Waals surface area contributed by atoms with Gasteiger partial charge in [-0.25, -0.2) is 19.4 Å². The van der Waals surface area contributed by atoms with Gasteiger partial charge >= 0.3 is 6.18 Å². The number of nitrogens with one attached hydrogen (secondary N) is 1. The lowest BCUT2D eigenvalue weighted by molar-refractivity contribution is -0.154. The first-order valence-corrected chi connectivity index (χ1v) is 9.13. The Balaban J connectivity index is 1.78. The number of amides is 2. The second-order valence-corrected chi connectivity index (χ2v) is 7.17. The molecule has 9 nitrogen and oxygen atoms in total. The van der Waals surface area contributed by atoms with Gasteiger partial charge in [0.25, 0.3) is 5.91 Å². The lowest BCUT2D eigenvalue weighted by atomic mass is 9.87. The van der Waals surface area contributed by atoms with Crippen molar-refractivity contribution in [3.05, 3.63) is 47.7 Å². The first-order chi connectivity index (χ1) is 14.9. The standard InChI is InChI=1S/C19H18F4N6O3/c1-18(6-15(30)29(2)17(24)28-18)11-5-10(3-4-12(11)20)27-16(31)13-7-26-14(8-25-13)32-9-19(21,22)23/h3-5,7-8H,6,9H2,1-2H3,(H2,24,28)(H,27,31). The molecule has 170 valence electrons. The summed E-state index contributed by atoms with van der Waals surface area (Å²) in [6.45, 7) is -0.00441. The number of anilines is 1. The number of hydrogen-bond acceptors (Lipinski definition) is 7. The van der Waals surface area contributed by atoms with Gasteiger partial charge in [0.15, 0.2) is 12.6 Å². The van der Waals surface area contributed by atoms with Gasteiger partial charge in [-0.15, -0.1) is 0 Å². The van der Waals surface area contributed by atoms with E-state index in [1.807, 2.05) is 0 Å². The van der Waals surface area contributed by atoms with E-state index in [9.17, 15) is 27.2 Å². The first kappa shape index (κ1) is 22.9. The van der Waals surface area contributed by atoms with Crippen molar-refractivity contribution in [1.82, 2.24) is 14.9 Å². The lowest BCUT2D eigenvalue weighted by Gasteiger charge is -2.34. The molecule has 0 saturated heterocycles. The summed E-state index contributed by atoms with van der Waals surface area (Å²) < 4.78 is 55.5. The van der Waals surface area contributed by atoms with Crippen LogP contribution >= 0.6 is 0 Å². The van der Waals surface area contributed by atoms with Gasteiger partial charge in [-0.3, -0.25) is 14.5 Å². The predicted molar refractivity (Wildman–Crippen MR) is 104 cm³/mol. The van der Waals surface area contributed by atoms with Crippen molar-refractivity contribution in [1.29, 1.82) is 0 Å². The number of guanidine groups is 1. The number of aliphatic imine (C=N–C) groups is 1. The molecule has 2 heterocycles. The molecule has 0 bridgehead atoms. The molecule has 0 aliphatic carbocycles. The minimum atomic E-state index is -4.54. The van der Waals surface area contributed by atoms with Crippen molar-refractivity contribution in [2.45, 2.75) is 25.1 Å². The summed E-state index contributed by atoms with van der Waals surface area (Å²) in [4.78, 5) is 37.3. The van der Waals surface area contributed by atoms with Crippen LogP contribution in [0.2, 0.25) is 0 Å². The zero-order valence-electron chi connectivity index (χ0n) is 16.9. The van der Waals surface area contributed by atoms with Crippen LogP contribution in [0.25, 0.3) is 0 Å². The number of benzene rings is 1. The van der Waals surface area contributed by atoms with Gasteiger partial charge in [-0.2, -0.15) is 13.2 Å². The fraction of sp³-hybridized carbons (Fsp3) is 0.316. The molecular formula is C19H18F4N6O3. The Morgan fingerprint density at radius 2 is 2.03 bits per heavy atom. The number of halogens is 4. The Morgan fingerprint density at radius 1 is 1.31 bits per heavy atom. The minimum absolute atomic E-state index is 0.0432. The number of nitrogens with zero attached hydrogens (tertiary/aromatic N) is 4. The molecule has 2 aromatic rings.